The second-order valence-electron chi connectivity index (χ2n) is 1.58. The van der Waals surface area contributed by atoms with Gasteiger partial charge in [-0.1, -0.05) is 0 Å². The molecule has 0 fully saturated rings. The summed E-state index contributed by atoms with van der Waals surface area (Å²) < 4.78 is 5.83. The topological polar surface area (TPSA) is 26.0 Å². The monoisotopic (exact) mass is 111 g/mol. The quantitative estimate of drug-likeness (QED) is 0.411. The van der Waals surface area contributed by atoms with Crippen LogP contribution in [-0.2, 0) is 0 Å². The number of nitrogens with zero attached hydrogens (tertiary/aromatic N) is 1. The Labute approximate surface area is 49.9 Å². The Hall–Kier alpha value is -0.258. The maximum atomic E-state index is 4.75. The second-order valence-corrected chi connectivity index (χ2v) is 2.60. The van der Waals surface area contributed by atoms with E-state index >= 15 is 0 Å². The Bertz CT molecular complexity index is 144. The lowest BCUT2D eigenvalue weighted by Gasteiger charge is -1.65. The molecule has 1 heterocycles. The van der Waals surface area contributed by atoms with E-state index in [0.29, 0.717) is 0 Å². The van der Waals surface area contributed by atoms with Crippen molar-refractivity contribution in [2.75, 3.05) is 0 Å². The van der Waals surface area contributed by atoms with Gasteiger partial charge in [0, 0.05) is 0 Å². The van der Waals surface area contributed by atoms with Crippen molar-refractivity contribution in [1.82, 2.24) is 5.16 Å². The number of aromatic nitrogens is 1. The third-order valence-electron chi connectivity index (χ3n) is 0.746. The van der Waals surface area contributed by atoms with Crippen molar-refractivity contribution >= 4 is 20.8 Å². The third kappa shape index (κ3) is 1.05. The van der Waals surface area contributed by atoms with Gasteiger partial charge >= 0.3 is 0 Å². The van der Waals surface area contributed by atoms with Crippen LogP contribution in [0.1, 0.15) is 5.76 Å². The van der Waals surface area contributed by atoms with Crippen LogP contribution in [0.25, 0.3) is 0 Å². The zero-order valence-electron chi connectivity index (χ0n) is 4.43. The summed E-state index contributed by atoms with van der Waals surface area (Å²) in [6.45, 7) is 1.90. The molecule has 0 bridgehead atoms. The molecule has 36 valence electrons. The van der Waals surface area contributed by atoms with E-state index in [1.54, 1.807) is 0 Å². The standard InChI is InChI=1S/C4H4NO.Al.2H/c1-4-2-3-5-6-4;;;/h2H,1H3;;;. The molecule has 0 amide bonds. The Balaban J connectivity index is 3.04. The molecule has 0 aliphatic heterocycles. The van der Waals surface area contributed by atoms with Crippen molar-refractivity contribution in [2.45, 2.75) is 6.92 Å². The van der Waals surface area contributed by atoms with Crippen molar-refractivity contribution in [3.8, 4) is 0 Å². The van der Waals surface area contributed by atoms with Gasteiger partial charge in [0.1, 0.15) is 5.76 Å². The first-order valence-electron chi connectivity index (χ1n) is 2.19. The lowest BCUT2D eigenvalue weighted by atomic mass is 10.5. The summed E-state index contributed by atoms with van der Waals surface area (Å²) >= 11 is 0.990. The molecular weight excluding hydrogens is 105 g/mol. The highest BCUT2D eigenvalue weighted by atomic mass is 27.0. The van der Waals surface area contributed by atoms with E-state index in [1.807, 2.05) is 13.0 Å². The summed E-state index contributed by atoms with van der Waals surface area (Å²) in [6, 6.07) is 1.95. The SMILES string of the molecule is Cc1c[c]([AlH2])no1. The van der Waals surface area contributed by atoms with Gasteiger partial charge in [-0.25, -0.2) is 0 Å². The summed E-state index contributed by atoms with van der Waals surface area (Å²) in [5, 5.41) is 3.70. The summed E-state index contributed by atoms with van der Waals surface area (Å²) in [7, 11) is 0. The van der Waals surface area contributed by atoms with Crippen molar-refractivity contribution in [3.63, 3.8) is 0 Å². The van der Waals surface area contributed by atoms with Crippen LogP contribution in [-0.4, -0.2) is 21.4 Å². The van der Waals surface area contributed by atoms with E-state index in [1.165, 1.54) is 0 Å². The minimum atomic E-state index is 0.907. The Morgan fingerprint density at radius 1 is 1.86 bits per heavy atom. The molecule has 1 rings (SSSR count). The number of hydrogen-bond acceptors (Lipinski definition) is 2. The number of aryl methyl sites for hydroxylation is 1. The average molecular weight is 111 g/mol. The van der Waals surface area contributed by atoms with Gasteiger partial charge in [-0.3, -0.25) is 0 Å². The molecule has 1 aromatic rings. The van der Waals surface area contributed by atoms with Crippen LogP contribution in [0.4, 0.5) is 0 Å². The molecule has 0 saturated carbocycles. The normalized spacial score (nSPS) is 9.29. The zero-order valence-corrected chi connectivity index (χ0v) is 6.43. The lowest BCUT2D eigenvalue weighted by Crippen LogP contribution is -1.99. The van der Waals surface area contributed by atoms with E-state index in [9.17, 15) is 0 Å². The Morgan fingerprint density at radius 2 is 2.57 bits per heavy atom. The predicted molar refractivity (Wildman–Crippen MR) is 29.4 cm³/mol. The Kier molecular flexibility index (Phi) is 1.18. The van der Waals surface area contributed by atoms with Crippen molar-refractivity contribution < 1.29 is 4.52 Å². The van der Waals surface area contributed by atoms with Crippen molar-refractivity contribution in [2.24, 2.45) is 0 Å². The lowest BCUT2D eigenvalue weighted by molar-refractivity contribution is 0.402. The summed E-state index contributed by atoms with van der Waals surface area (Å²) in [5.74, 6) is 0.907. The summed E-state index contributed by atoms with van der Waals surface area (Å²) in [5.41, 5.74) is 0. The minimum absolute atomic E-state index is 0.907. The molecule has 0 aliphatic rings. The van der Waals surface area contributed by atoms with E-state index in [2.05, 4.69) is 5.16 Å². The first-order valence-corrected chi connectivity index (χ1v) is 3.19. The molecule has 1 aromatic heterocycles. The maximum Gasteiger partial charge on any atom is 0.295 e. The highest BCUT2D eigenvalue weighted by molar-refractivity contribution is 6.30. The van der Waals surface area contributed by atoms with Gasteiger partial charge in [0.15, 0.2) is 0 Å². The molecule has 0 unspecified atom stereocenters. The van der Waals surface area contributed by atoms with E-state index in [-0.39, 0.29) is 0 Å². The van der Waals surface area contributed by atoms with E-state index < -0.39 is 0 Å². The largest absolute Gasteiger partial charge is 0.363 e. The summed E-state index contributed by atoms with van der Waals surface area (Å²) in [4.78, 5) is 0. The molecule has 2 nitrogen and oxygen atoms in total. The predicted octanol–water partition coefficient (Wildman–Crippen LogP) is -0.759. The van der Waals surface area contributed by atoms with Gasteiger partial charge in [-0.05, 0) is 17.5 Å². The zero-order chi connectivity index (χ0) is 5.28. The van der Waals surface area contributed by atoms with Crippen LogP contribution in [0.2, 0.25) is 0 Å². The van der Waals surface area contributed by atoms with Crippen LogP contribution in [0.5, 0.6) is 0 Å². The number of hydrogen-bond donors (Lipinski definition) is 0. The molecule has 0 N–H and O–H groups in total. The van der Waals surface area contributed by atoms with Gasteiger partial charge in [0.05, 0.1) is 0 Å². The van der Waals surface area contributed by atoms with Gasteiger partial charge < -0.3 is 4.52 Å². The van der Waals surface area contributed by atoms with Gasteiger partial charge in [0.25, 0.3) is 16.3 Å². The molecule has 0 saturated heterocycles. The van der Waals surface area contributed by atoms with Crippen LogP contribution in [0.15, 0.2) is 10.6 Å². The van der Waals surface area contributed by atoms with Crippen LogP contribution >= 0.6 is 0 Å². The molecule has 0 radical (unpaired) electrons. The molecular formula is C4H6AlNO. The second kappa shape index (κ2) is 1.69. The van der Waals surface area contributed by atoms with Gasteiger partial charge in [0.2, 0.25) is 0 Å². The third-order valence-corrected chi connectivity index (χ3v) is 1.22. The van der Waals surface area contributed by atoms with Crippen molar-refractivity contribution in [1.29, 1.82) is 0 Å². The smallest absolute Gasteiger partial charge is 0.295 e. The highest BCUT2D eigenvalue weighted by Gasteiger charge is 1.88. The van der Waals surface area contributed by atoms with Crippen LogP contribution in [0.3, 0.4) is 0 Å². The first-order chi connectivity index (χ1) is 3.29. The Morgan fingerprint density at radius 3 is 2.71 bits per heavy atom. The van der Waals surface area contributed by atoms with Crippen LogP contribution < -0.4 is 4.56 Å². The maximum absolute atomic E-state index is 4.75. The van der Waals surface area contributed by atoms with Gasteiger partial charge in [-0.2, -0.15) is 0 Å². The van der Waals surface area contributed by atoms with Crippen molar-refractivity contribution in [3.05, 3.63) is 11.8 Å². The molecule has 0 atom stereocenters. The molecule has 7 heavy (non-hydrogen) atoms. The van der Waals surface area contributed by atoms with Gasteiger partial charge in [-0.15, -0.1) is 5.16 Å². The molecule has 0 spiro atoms. The fourth-order valence-electron chi connectivity index (χ4n) is 0.491. The van der Waals surface area contributed by atoms with E-state index in [0.717, 1.165) is 26.6 Å². The molecule has 0 aromatic carbocycles. The number of rotatable bonds is 0. The van der Waals surface area contributed by atoms with Crippen LogP contribution in [0, 0.1) is 6.92 Å². The van der Waals surface area contributed by atoms with E-state index in [4.69, 9.17) is 4.52 Å². The minimum Gasteiger partial charge on any atom is -0.363 e. The average Bonchev–Trinajstić information content (AvgIpc) is 1.87. The fraction of sp³-hybridized carbons (Fsp3) is 0.250. The highest BCUT2D eigenvalue weighted by Crippen LogP contribution is 1.86. The fourth-order valence-corrected chi connectivity index (χ4v) is 0.989. The first kappa shape index (κ1) is 4.89. The molecule has 0 aliphatic carbocycles. The summed E-state index contributed by atoms with van der Waals surface area (Å²) in [6.07, 6.45) is 0. The molecule has 3 heteroatoms.